The Morgan fingerprint density at radius 1 is 0.491 bits per heavy atom. The molecule has 0 heterocycles. The van der Waals surface area contributed by atoms with Crippen molar-refractivity contribution in [1.82, 2.24) is 4.90 Å². The molecule has 0 aromatic rings. The number of carbonyl (C=O) groups is 3. The van der Waals surface area contributed by atoms with Gasteiger partial charge >= 0.3 is 17.9 Å². The van der Waals surface area contributed by atoms with Crippen LogP contribution in [0.2, 0.25) is 0 Å². The zero-order valence-corrected chi connectivity index (χ0v) is 38.1. The number of hydrogen-bond acceptors (Lipinski definition) is 8. The normalized spacial score (nSPS) is 12.2. The second-order valence-corrected chi connectivity index (χ2v) is 17.6. The molecule has 0 aromatic carbocycles. The van der Waals surface area contributed by atoms with Gasteiger partial charge in [-0.15, -0.1) is 0 Å². The first-order chi connectivity index (χ1) is 26.8. The number of nitrogens with zero attached hydrogens (tertiary/aromatic N) is 1. The van der Waals surface area contributed by atoms with Gasteiger partial charge in [0.05, 0.1) is 12.5 Å². The number of esters is 3. The number of ether oxygens (including phenoxy) is 3. The van der Waals surface area contributed by atoms with Crippen LogP contribution in [0.15, 0.2) is 0 Å². The van der Waals surface area contributed by atoms with E-state index in [4.69, 9.17) is 14.2 Å². The van der Waals surface area contributed by atoms with Crippen molar-refractivity contribution >= 4 is 29.7 Å². The SMILES string of the molecule is CCCCCC(CCCCC)OC(=O)CCCCCCCCOC(=O)C(CCN(C)C)CSCCCCCCCCC(=O)OC(CCCCC)CCCCC. The number of thioether (sulfide) groups is 1. The zero-order chi connectivity index (χ0) is 40.6. The molecule has 0 spiro atoms. The Hall–Kier alpha value is -1.28. The second kappa shape index (κ2) is 40.9. The first kappa shape index (κ1) is 53.7. The summed E-state index contributed by atoms with van der Waals surface area (Å²) in [5.41, 5.74) is 0. The predicted octanol–water partition coefficient (Wildman–Crippen LogP) is 13.4. The highest BCUT2D eigenvalue weighted by Gasteiger charge is 2.20. The number of hydrogen-bond donors (Lipinski definition) is 0. The Morgan fingerprint density at radius 3 is 1.31 bits per heavy atom. The van der Waals surface area contributed by atoms with Crippen molar-refractivity contribution in [2.45, 2.75) is 239 Å². The molecule has 0 fully saturated rings. The van der Waals surface area contributed by atoms with E-state index >= 15 is 0 Å². The van der Waals surface area contributed by atoms with E-state index in [1.807, 2.05) is 11.8 Å². The molecule has 0 N–H and O–H groups in total. The molecule has 0 aromatic heterocycles. The lowest BCUT2D eigenvalue weighted by Crippen LogP contribution is -2.25. The summed E-state index contributed by atoms with van der Waals surface area (Å²) < 4.78 is 17.5. The van der Waals surface area contributed by atoms with Gasteiger partial charge in [0.25, 0.3) is 0 Å². The van der Waals surface area contributed by atoms with Gasteiger partial charge in [0.2, 0.25) is 0 Å². The first-order valence-electron chi connectivity index (χ1n) is 23.5. The van der Waals surface area contributed by atoms with Crippen LogP contribution in [-0.4, -0.2) is 73.8 Å². The van der Waals surface area contributed by atoms with Crippen molar-refractivity contribution < 1.29 is 28.6 Å². The number of carbonyl (C=O) groups excluding carboxylic acids is 3. The molecule has 0 radical (unpaired) electrons. The van der Waals surface area contributed by atoms with Gasteiger partial charge in [0.15, 0.2) is 0 Å². The number of rotatable bonds is 42. The second-order valence-electron chi connectivity index (χ2n) is 16.5. The maximum absolute atomic E-state index is 13.0. The van der Waals surface area contributed by atoms with Crippen molar-refractivity contribution in [2.24, 2.45) is 5.92 Å². The average Bonchev–Trinajstić information content (AvgIpc) is 3.16. The van der Waals surface area contributed by atoms with Crippen LogP contribution >= 0.6 is 11.8 Å². The molecule has 7 nitrogen and oxygen atoms in total. The van der Waals surface area contributed by atoms with Gasteiger partial charge in [-0.1, -0.05) is 130 Å². The molecule has 1 atom stereocenters. The van der Waals surface area contributed by atoms with Gasteiger partial charge in [-0.05, 0) is 110 Å². The lowest BCUT2D eigenvalue weighted by Gasteiger charge is -2.18. The molecule has 326 valence electrons. The minimum atomic E-state index is -0.0531. The fraction of sp³-hybridized carbons (Fsp3) is 0.936. The van der Waals surface area contributed by atoms with E-state index in [9.17, 15) is 14.4 Å². The van der Waals surface area contributed by atoms with Crippen LogP contribution in [0.4, 0.5) is 0 Å². The van der Waals surface area contributed by atoms with Gasteiger partial charge in [-0.3, -0.25) is 14.4 Å². The summed E-state index contributed by atoms with van der Waals surface area (Å²) in [7, 11) is 4.11. The third-order valence-electron chi connectivity index (χ3n) is 10.6. The molecule has 0 aliphatic rings. The maximum atomic E-state index is 13.0. The lowest BCUT2D eigenvalue weighted by atomic mass is 10.0. The summed E-state index contributed by atoms with van der Waals surface area (Å²) in [5, 5.41) is 0. The van der Waals surface area contributed by atoms with Crippen LogP contribution in [0.3, 0.4) is 0 Å². The third-order valence-corrected chi connectivity index (χ3v) is 11.8. The average molecular weight is 798 g/mol. The molecule has 0 amide bonds. The molecule has 0 saturated heterocycles. The molecule has 0 rings (SSSR count). The molecular formula is C47H91NO6S. The topological polar surface area (TPSA) is 82.1 Å². The Balaban J connectivity index is 4.10. The van der Waals surface area contributed by atoms with E-state index in [-0.39, 0.29) is 36.0 Å². The fourth-order valence-electron chi connectivity index (χ4n) is 6.96. The Labute approximate surface area is 345 Å². The van der Waals surface area contributed by atoms with Crippen molar-refractivity contribution in [1.29, 1.82) is 0 Å². The van der Waals surface area contributed by atoms with Crippen LogP contribution < -0.4 is 0 Å². The fourth-order valence-corrected chi connectivity index (χ4v) is 8.12. The van der Waals surface area contributed by atoms with Crippen molar-refractivity contribution in [2.75, 3.05) is 38.8 Å². The quantitative estimate of drug-likeness (QED) is 0.0343. The van der Waals surface area contributed by atoms with E-state index in [1.54, 1.807) is 0 Å². The van der Waals surface area contributed by atoms with Crippen LogP contribution in [0.1, 0.15) is 227 Å². The highest BCUT2D eigenvalue weighted by molar-refractivity contribution is 7.99. The summed E-state index contributed by atoms with van der Waals surface area (Å²) in [6.07, 6.45) is 33.3. The Bertz CT molecular complexity index is 850. The van der Waals surface area contributed by atoms with Gasteiger partial charge in [0, 0.05) is 18.6 Å². The molecular weight excluding hydrogens is 707 g/mol. The van der Waals surface area contributed by atoms with Crippen LogP contribution in [0.5, 0.6) is 0 Å². The lowest BCUT2D eigenvalue weighted by molar-refractivity contribution is -0.151. The van der Waals surface area contributed by atoms with Crippen molar-refractivity contribution in [3.8, 4) is 0 Å². The van der Waals surface area contributed by atoms with Crippen LogP contribution in [0, 0.1) is 5.92 Å². The standard InChI is InChI=1S/C47H91NO6S/c1-7-11-23-31-43(32-24-12-8-2)53-45(49)35-27-19-15-17-21-29-39-52-47(51)42(37-38-48(5)6)41-55-40-30-22-18-16-20-28-36-46(50)54-44(33-25-13-9-3)34-26-14-10-4/h42-44H,7-41H2,1-6H3. The monoisotopic (exact) mass is 798 g/mol. The van der Waals surface area contributed by atoms with Crippen LogP contribution in [-0.2, 0) is 28.6 Å². The van der Waals surface area contributed by atoms with Crippen molar-refractivity contribution in [3.63, 3.8) is 0 Å². The molecule has 0 saturated carbocycles. The highest BCUT2D eigenvalue weighted by Crippen LogP contribution is 2.20. The maximum Gasteiger partial charge on any atom is 0.309 e. The summed E-state index contributed by atoms with van der Waals surface area (Å²) in [6.45, 7) is 10.2. The first-order valence-corrected chi connectivity index (χ1v) is 24.7. The summed E-state index contributed by atoms with van der Waals surface area (Å²) >= 11 is 1.89. The van der Waals surface area contributed by atoms with E-state index in [1.165, 1.54) is 77.0 Å². The Kier molecular flexibility index (Phi) is 39.9. The molecule has 55 heavy (non-hydrogen) atoms. The third kappa shape index (κ3) is 36.8. The highest BCUT2D eigenvalue weighted by atomic mass is 32.2. The van der Waals surface area contributed by atoms with E-state index < -0.39 is 0 Å². The molecule has 1 unspecified atom stereocenters. The van der Waals surface area contributed by atoms with E-state index in [0.29, 0.717) is 19.4 Å². The minimum absolute atomic E-state index is 0.00177. The molecule has 0 aliphatic heterocycles. The summed E-state index contributed by atoms with van der Waals surface area (Å²) in [6, 6.07) is 0. The van der Waals surface area contributed by atoms with Gasteiger partial charge in [-0.2, -0.15) is 11.8 Å². The van der Waals surface area contributed by atoms with Gasteiger partial charge < -0.3 is 19.1 Å². The smallest absolute Gasteiger partial charge is 0.309 e. The molecule has 0 aliphatic carbocycles. The van der Waals surface area contributed by atoms with Gasteiger partial charge in [0.1, 0.15) is 12.2 Å². The van der Waals surface area contributed by atoms with E-state index in [0.717, 1.165) is 127 Å². The minimum Gasteiger partial charge on any atom is -0.465 e. The van der Waals surface area contributed by atoms with Crippen LogP contribution in [0.25, 0.3) is 0 Å². The molecule has 8 heteroatoms. The number of unbranched alkanes of at least 4 members (excludes halogenated alkanes) is 18. The Morgan fingerprint density at radius 2 is 0.891 bits per heavy atom. The zero-order valence-electron chi connectivity index (χ0n) is 37.3. The molecule has 0 bridgehead atoms. The predicted molar refractivity (Wildman–Crippen MR) is 236 cm³/mol. The van der Waals surface area contributed by atoms with Gasteiger partial charge in [-0.25, -0.2) is 0 Å². The van der Waals surface area contributed by atoms with E-state index in [2.05, 4.69) is 46.7 Å². The summed E-state index contributed by atoms with van der Waals surface area (Å²) in [4.78, 5) is 40.0. The summed E-state index contributed by atoms with van der Waals surface area (Å²) in [5.74, 6) is 1.79. The largest absolute Gasteiger partial charge is 0.465 e. The van der Waals surface area contributed by atoms with Crippen molar-refractivity contribution in [3.05, 3.63) is 0 Å².